The zero-order chi connectivity index (χ0) is 7.40. The molecule has 2 heteroatoms. The molecule has 0 unspecified atom stereocenters. The monoisotopic (exact) mass is 151 g/mol. The lowest BCUT2D eigenvalue weighted by Crippen LogP contribution is -1.80. The molecule has 1 heterocycles. The minimum Gasteiger partial charge on any atom is -0.212 e. The van der Waals surface area contributed by atoms with E-state index in [9.17, 15) is 0 Å². The van der Waals surface area contributed by atoms with Gasteiger partial charge in [0.05, 0.1) is 4.91 Å². The smallest absolute Gasteiger partial charge is 0.0728 e. The molecule has 0 saturated heterocycles. The van der Waals surface area contributed by atoms with Crippen LogP contribution in [0.1, 0.15) is 13.3 Å². The van der Waals surface area contributed by atoms with Crippen molar-refractivity contribution in [1.29, 1.82) is 0 Å². The molecule has 0 bridgehead atoms. The minimum atomic E-state index is 1.01. The zero-order valence-corrected chi connectivity index (χ0v) is 6.74. The Labute approximate surface area is 65.2 Å². The van der Waals surface area contributed by atoms with Gasteiger partial charge in [0.25, 0.3) is 0 Å². The van der Waals surface area contributed by atoms with Crippen LogP contribution in [0.3, 0.4) is 0 Å². The van der Waals surface area contributed by atoms with E-state index in [4.69, 9.17) is 0 Å². The van der Waals surface area contributed by atoms with Gasteiger partial charge in [0.15, 0.2) is 0 Å². The molecule has 10 heavy (non-hydrogen) atoms. The Morgan fingerprint density at radius 2 is 2.70 bits per heavy atom. The summed E-state index contributed by atoms with van der Waals surface area (Å²) in [5, 5.41) is 0. The quantitative estimate of drug-likeness (QED) is 0.591. The highest BCUT2D eigenvalue weighted by Crippen LogP contribution is 2.28. The van der Waals surface area contributed by atoms with Gasteiger partial charge in [-0.2, -0.15) is 0 Å². The maximum absolute atomic E-state index is 3.94. The molecule has 0 N–H and O–H groups in total. The maximum atomic E-state index is 3.94. The summed E-state index contributed by atoms with van der Waals surface area (Å²) < 4.78 is 0. The van der Waals surface area contributed by atoms with Crippen molar-refractivity contribution in [3.8, 4) is 0 Å². The van der Waals surface area contributed by atoms with Gasteiger partial charge in [0.2, 0.25) is 0 Å². The first-order valence-electron chi connectivity index (χ1n) is 3.19. The van der Waals surface area contributed by atoms with Crippen LogP contribution in [0.2, 0.25) is 0 Å². The van der Waals surface area contributed by atoms with Crippen LogP contribution in [0.4, 0.5) is 0 Å². The molecule has 0 amide bonds. The van der Waals surface area contributed by atoms with Gasteiger partial charge in [-0.05, 0) is 12.5 Å². The van der Waals surface area contributed by atoms with Crippen LogP contribution in [0, 0.1) is 0 Å². The predicted molar refractivity (Wildman–Crippen MR) is 47.1 cm³/mol. The molecule has 0 fully saturated rings. The molecule has 0 atom stereocenters. The SMILES string of the molecule is C=CC1=C=NC=C(CC)S1. The molecule has 1 aliphatic rings. The number of allylic oxidation sites excluding steroid dienone is 2. The van der Waals surface area contributed by atoms with Gasteiger partial charge in [-0.1, -0.05) is 25.3 Å². The summed E-state index contributed by atoms with van der Waals surface area (Å²) in [7, 11) is 0. The Morgan fingerprint density at radius 3 is 3.30 bits per heavy atom. The van der Waals surface area contributed by atoms with Gasteiger partial charge >= 0.3 is 0 Å². The second-order valence-corrected chi connectivity index (χ2v) is 3.03. The lowest BCUT2D eigenvalue weighted by molar-refractivity contribution is 1.19. The van der Waals surface area contributed by atoms with Crippen molar-refractivity contribution in [2.45, 2.75) is 13.3 Å². The number of rotatable bonds is 2. The Bertz CT molecular complexity index is 232. The topological polar surface area (TPSA) is 12.4 Å². The van der Waals surface area contributed by atoms with E-state index < -0.39 is 0 Å². The fraction of sp³-hybridized carbons (Fsp3) is 0.250. The number of aliphatic imine (C=N–C) groups is 1. The molecule has 1 rings (SSSR count). The van der Waals surface area contributed by atoms with Crippen molar-refractivity contribution < 1.29 is 0 Å². The highest BCUT2D eigenvalue weighted by atomic mass is 32.2. The van der Waals surface area contributed by atoms with E-state index in [1.165, 1.54) is 4.91 Å². The van der Waals surface area contributed by atoms with Crippen LogP contribution < -0.4 is 0 Å². The van der Waals surface area contributed by atoms with E-state index in [-0.39, 0.29) is 0 Å². The van der Waals surface area contributed by atoms with Crippen LogP contribution in [0.15, 0.2) is 33.7 Å². The Morgan fingerprint density at radius 1 is 1.90 bits per heavy atom. The van der Waals surface area contributed by atoms with Gasteiger partial charge in [-0.3, -0.25) is 0 Å². The summed E-state index contributed by atoms with van der Waals surface area (Å²) >= 11 is 1.69. The van der Waals surface area contributed by atoms with Gasteiger partial charge < -0.3 is 0 Å². The second kappa shape index (κ2) is 3.45. The first-order chi connectivity index (χ1) is 4.86. The predicted octanol–water partition coefficient (Wildman–Crippen LogP) is 2.72. The van der Waals surface area contributed by atoms with E-state index in [0.717, 1.165) is 11.3 Å². The van der Waals surface area contributed by atoms with Crippen molar-refractivity contribution in [3.05, 3.63) is 28.7 Å². The third-order valence-electron chi connectivity index (χ3n) is 1.16. The molecule has 0 spiro atoms. The summed E-state index contributed by atoms with van der Waals surface area (Å²) in [6.07, 6.45) is 4.65. The molecule has 52 valence electrons. The first-order valence-corrected chi connectivity index (χ1v) is 4.00. The van der Waals surface area contributed by atoms with Gasteiger partial charge in [0, 0.05) is 17.0 Å². The normalized spacial score (nSPS) is 16.1. The second-order valence-electron chi connectivity index (χ2n) is 1.86. The average molecular weight is 151 g/mol. The molecular formula is C8H9NS. The molecule has 0 aromatic heterocycles. The summed E-state index contributed by atoms with van der Waals surface area (Å²) in [6, 6.07) is 0. The van der Waals surface area contributed by atoms with Crippen LogP contribution in [0.5, 0.6) is 0 Å². The van der Waals surface area contributed by atoms with E-state index >= 15 is 0 Å². The fourth-order valence-corrected chi connectivity index (χ4v) is 1.32. The number of hydrogen-bond donors (Lipinski definition) is 0. The van der Waals surface area contributed by atoms with Gasteiger partial charge in [-0.15, -0.1) is 0 Å². The van der Waals surface area contributed by atoms with Crippen molar-refractivity contribution >= 4 is 17.6 Å². The summed E-state index contributed by atoms with van der Waals surface area (Å²) in [4.78, 5) is 6.23. The zero-order valence-electron chi connectivity index (χ0n) is 5.92. The molecule has 0 aliphatic carbocycles. The fourth-order valence-electron chi connectivity index (χ4n) is 0.609. The molecular weight excluding hydrogens is 142 g/mol. The molecule has 0 aromatic rings. The van der Waals surface area contributed by atoms with Crippen molar-refractivity contribution in [2.24, 2.45) is 4.99 Å². The van der Waals surface area contributed by atoms with Gasteiger partial charge in [-0.25, -0.2) is 4.99 Å². The van der Waals surface area contributed by atoms with Crippen molar-refractivity contribution in [3.63, 3.8) is 0 Å². The first kappa shape index (κ1) is 7.39. The Hall–Kier alpha value is -0.720. The highest BCUT2D eigenvalue weighted by molar-refractivity contribution is 8.07. The van der Waals surface area contributed by atoms with E-state index in [2.05, 4.69) is 24.4 Å². The number of thioether (sulfide) groups is 1. The number of hydrogen-bond acceptors (Lipinski definition) is 2. The maximum Gasteiger partial charge on any atom is 0.0728 e. The van der Waals surface area contributed by atoms with Crippen molar-refractivity contribution in [1.82, 2.24) is 0 Å². The summed E-state index contributed by atoms with van der Waals surface area (Å²) in [5.41, 5.74) is 0. The molecule has 0 saturated carbocycles. The van der Waals surface area contributed by atoms with E-state index in [0.29, 0.717) is 0 Å². The Balaban J connectivity index is 2.74. The van der Waals surface area contributed by atoms with Crippen LogP contribution in [-0.4, -0.2) is 5.87 Å². The summed E-state index contributed by atoms with van der Waals surface area (Å²) in [6.45, 7) is 5.76. The minimum absolute atomic E-state index is 1.01. The molecule has 1 aliphatic heterocycles. The number of nitrogens with zero attached hydrogens (tertiary/aromatic N) is 1. The van der Waals surface area contributed by atoms with E-state index in [1.54, 1.807) is 17.8 Å². The third-order valence-corrected chi connectivity index (χ3v) is 2.29. The Kier molecular flexibility index (Phi) is 2.55. The van der Waals surface area contributed by atoms with Crippen LogP contribution in [0.25, 0.3) is 0 Å². The average Bonchev–Trinajstić information content (AvgIpc) is 2.05. The van der Waals surface area contributed by atoms with E-state index in [1.807, 2.05) is 6.20 Å². The molecule has 0 aromatic carbocycles. The van der Waals surface area contributed by atoms with Crippen LogP contribution in [-0.2, 0) is 0 Å². The molecule has 1 nitrogen and oxygen atoms in total. The van der Waals surface area contributed by atoms with Crippen molar-refractivity contribution in [2.75, 3.05) is 0 Å². The third kappa shape index (κ3) is 1.63. The summed E-state index contributed by atoms with van der Waals surface area (Å²) in [5.74, 6) is 2.84. The lowest BCUT2D eigenvalue weighted by atomic mass is 10.5. The van der Waals surface area contributed by atoms with Crippen LogP contribution >= 0.6 is 11.8 Å². The highest BCUT2D eigenvalue weighted by Gasteiger charge is 2.00. The molecule has 0 radical (unpaired) electrons. The van der Waals surface area contributed by atoms with Gasteiger partial charge in [0.1, 0.15) is 0 Å². The largest absolute Gasteiger partial charge is 0.212 e. The standard InChI is InChI=1S/C8H9NS/c1-3-7-5-9-6-8(4-2)10-7/h3,6H,1,4H2,2H3. The lowest BCUT2D eigenvalue weighted by Gasteiger charge is -2.02.